The van der Waals surface area contributed by atoms with Crippen LogP contribution in [-0.4, -0.2) is 67.8 Å². The van der Waals surface area contributed by atoms with E-state index in [1.807, 2.05) is 34.2 Å². The van der Waals surface area contributed by atoms with Crippen LogP contribution in [0.3, 0.4) is 0 Å². The highest BCUT2D eigenvalue weighted by Crippen LogP contribution is 2.29. The number of rotatable bonds is 9. The summed E-state index contributed by atoms with van der Waals surface area (Å²) in [6, 6.07) is 20.7. The number of thiophene rings is 1. The van der Waals surface area contributed by atoms with Gasteiger partial charge >= 0.3 is 0 Å². The predicted molar refractivity (Wildman–Crippen MR) is 162 cm³/mol. The fourth-order valence-corrected chi connectivity index (χ4v) is 6.53. The molecule has 2 aromatic heterocycles. The van der Waals surface area contributed by atoms with Gasteiger partial charge in [-0.15, -0.1) is 21.5 Å². The van der Waals surface area contributed by atoms with Crippen LogP contribution in [0.25, 0.3) is 17.1 Å². The van der Waals surface area contributed by atoms with E-state index in [2.05, 4.69) is 77.1 Å². The molecular weight excluding hydrogens is 539 g/mol. The molecule has 0 bridgehead atoms. The molecule has 0 N–H and O–H groups in total. The Morgan fingerprint density at radius 3 is 2.35 bits per heavy atom. The summed E-state index contributed by atoms with van der Waals surface area (Å²) in [5.74, 6) is 1.86. The fraction of sp³-hybridized carbons (Fsp3) is 0.355. The molecule has 4 aromatic rings. The van der Waals surface area contributed by atoms with Crippen molar-refractivity contribution < 1.29 is 9.59 Å². The number of aryl methyl sites for hydroxylation is 2. The summed E-state index contributed by atoms with van der Waals surface area (Å²) >= 11 is 3.23. The molecule has 1 fully saturated rings. The van der Waals surface area contributed by atoms with Crippen molar-refractivity contribution in [3.05, 3.63) is 82.0 Å². The molecule has 1 unspecified atom stereocenters. The zero-order valence-electron chi connectivity index (χ0n) is 23.2. The van der Waals surface area contributed by atoms with Crippen LogP contribution in [0.1, 0.15) is 35.8 Å². The molecule has 7 nitrogen and oxygen atoms in total. The minimum absolute atomic E-state index is 0.0211. The van der Waals surface area contributed by atoms with Crippen molar-refractivity contribution in [2.45, 2.75) is 51.2 Å². The molecule has 1 aliphatic rings. The Labute approximate surface area is 244 Å². The van der Waals surface area contributed by atoms with E-state index < -0.39 is 0 Å². The first-order valence-corrected chi connectivity index (χ1v) is 15.6. The van der Waals surface area contributed by atoms with Gasteiger partial charge in [0.2, 0.25) is 11.8 Å². The maximum absolute atomic E-state index is 13.0. The average Bonchev–Trinajstić information content (AvgIpc) is 3.62. The van der Waals surface area contributed by atoms with Crippen molar-refractivity contribution in [2.75, 3.05) is 25.4 Å². The van der Waals surface area contributed by atoms with Crippen LogP contribution in [0.2, 0.25) is 0 Å². The smallest absolute Gasteiger partial charge is 0.228 e. The molecule has 3 heterocycles. The molecule has 0 aliphatic carbocycles. The first-order chi connectivity index (χ1) is 19.4. The topological polar surface area (TPSA) is 71.3 Å². The van der Waals surface area contributed by atoms with Crippen LogP contribution in [0.5, 0.6) is 0 Å². The Bertz CT molecular complexity index is 1430. The third kappa shape index (κ3) is 6.64. The summed E-state index contributed by atoms with van der Waals surface area (Å²) in [6.07, 6.45) is 1.66. The highest BCUT2D eigenvalue weighted by Gasteiger charge is 2.29. The van der Waals surface area contributed by atoms with E-state index in [1.165, 1.54) is 11.1 Å². The van der Waals surface area contributed by atoms with Gasteiger partial charge in [-0.2, -0.15) is 0 Å². The van der Waals surface area contributed by atoms with Gasteiger partial charge in [-0.25, -0.2) is 0 Å². The van der Waals surface area contributed by atoms with E-state index in [0.717, 1.165) is 39.3 Å². The zero-order valence-corrected chi connectivity index (χ0v) is 24.9. The van der Waals surface area contributed by atoms with Gasteiger partial charge in [0.25, 0.3) is 0 Å². The van der Waals surface area contributed by atoms with E-state index in [1.54, 1.807) is 23.1 Å². The van der Waals surface area contributed by atoms with E-state index >= 15 is 0 Å². The van der Waals surface area contributed by atoms with Crippen LogP contribution < -0.4 is 0 Å². The van der Waals surface area contributed by atoms with Crippen molar-refractivity contribution in [2.24, 2.45) is 0 Å². The minimum atomic E-state index is 0.0211. The SMILES string of the molecule is Cc1ccc(-c2nnc(SCCCC(=O)N3CCN(C(=O)Cc4cccs4)C(C)C3)n2-c2ccc(C)cc2)cc1. The fourth-order valence-electron chi connectivity index (χ4n) is 4.94. The van der Waals surface area contributed by atoms with Crippen molar-refractivity contribution in [3.63, 3.8) is 0 Å². The molecule has 0 radical (unpaired) electrons. The van der Waals surface area contributed by atoms with Crippen molar-refractivity contribution in [1.82, 2.24) is 24.6 Å². The number of hydrogen-bond acceptors (Lipinski definition) is 6. The van der Waals surface area contributed by atoms with E-state index in [0.29, 0.717) is 32.5 Å². The van der Waals surface area contributed by atoms with Gasteiger partial charge in [0.1, 0.15) is 0 Å². The van der Waals surface area contributed by atoms with E-state index in [-0.39, 0.29) is 17.9 Å². The van der Waals surface area contributed by atoms with Crippen molar-refractivity contribution in [3.8, 4) is 17.1 Å². The molecule has 1 aliphatic heterocycles. The highest BCUT2D eigenvalue weighted by molar-refractivity contribution is 7.99. The molecule has 0 saturated carbocycles. The van der Waals surface area contributed by atoms with Gasteiger partial charge in [-0.3, -0.25) is 14.2 Å². The Kier molecular flexibility index (Phi) is 9.01. The van der Waals surface area contributed by atoms with Crippen LogP contribution in [0.4, 0.5) is 0 Å². The summed E-state index contributed by atoms with van der Waals surface area (Å²) in [4.78, 5) is 30.7. The predicted octanol–water partition coefficient (Wildman–Crippen LogP) is 5.79. The maximum Gasteiger partial charge on any atom is 0.228 e. The molecule has 9 heteroatoms. The summed E-state index contributed by atoms with van der Waals surface area (Å²) in [5.41, 5.74) is 4.43. The Balaban J connectivity index is 1.17. The van der Waals surface area contributed by atoms with Crippen LogP contribution >= 0.6 is 23.1 Å². The Hall–Kier alpha value is -3.43. The number of carbonyl (C=O) groups excluding carboxylic acids is 2. The molecule has 2 amide bonds. The first kappa shape index (κ1) is 28.1. The van der Waals surface area contributed by atoms with Crippen molar-refractivity contribution in [1.29, 1.82) is 0 Å². The van der Waals surface area contributed by atoms with Crippen molar-refractivity contribution >= 4 is 34.9 Å². The number of nitrogens with zero attached hydrogens (tertiary/aromatic N) is 5. The number of thioether (sulfide) groups is 1. The highest BCUT2D eigenvalue weighted by atomic mass is 32.2. The minimum Gasteiger partial charge on any atom is -0.339 e. The average molecular weight is 574 g/mol. The van der Waals surface area contributed by atoms with Gasteiger partial charge in [0, 0.05) is 54.0 Å². The number of piperazine rings is 1. The molecule has 2 aromatic carbocycles. The molecule has 40 heavy (non-hydrogen) atoms. The van der Waals surface area contributed by atoms with Gasteiger partial charge < -0.3 is 9.80 Å². The molecule has 1 atom stereocenters. The largest absolute Gasteiger partial charge is 0.339 e. The summed E-state index contributed by atoms with van der Waals surface area (Å²) in [6.45, 7) is 7.95. The lowest BCUT2D eigenvalue weighted by Crippen LogP contribution is -2.55. The van der Waals surface area contributed by atoms with Crippen LogP contribution in [-0.2, 0) is 16.0 Å². The summed E-state index contributed by atoms with van der Waals surface area (Å²) in [5, 5.41) is 11.9. The van der Waals surface area contributed by atoms with Crippen LogP contribution in [0.15, 0.2) is 71.2 Å². The number of benzene rings is 2. The number of aromatic nitrogens is 3. The van der Waals surface area contributed by atoms with Gasteiger partial charge in [0.05, 0.1) is 6.42 Å². The lowest BCUT2D eigenvalue weighted by atomic mass is 10.1. The van der Waals surface area contributed by atoms with Gasteiger partial charge in [0.15, 0.2) is 11.0 Å². The first-order valence-electron chi connectivity index (χ1n) is 13.7. The molecule has 5 rings (SSSR count). The number of hydrogen-bond donors (Lipinski definition) is 0. The second kappa shape index (κ2) is 12.8. The maximum atomic E-state index is 13.0. The third-order valence-corrected chi connectivity index (χ3v) is 9.10. The number of amides is 2. The quantitative estimate of drug-likeness (QED) is 0.187. The van der Waals surface area contributed by atoms with E-state index in [4.69, 9.17) is 0 Å². The second-order valence-electron chi connectivity index (χ2n) is 10.3. The number of carbonyl (C=O) groups is 2. The Morgan fingerprint density at radius 2 is 1.68 bits per heavy atom. The van der Waals surface area contributed by atoms with E-state index in [9.17, 15) is 9.59 Å². The van der Waals surface area contributed by atoms with Crippen LogP contribution in [0, 0.1) is 13.8 Å². The molecule has 208 valence electrons. The molecule has 1 saturated heterocycles. The lowest BCUT2D eigenvalue weighted by Gasteiger charge is -2.40. The van der Waals surface area contributed by atoms with Gasteiger partial charge in [-0.1, -0.05) is 65.4 Å². The molecule has 0 spiro atoms. The zero-order chi connectivity index (χ0) is 28.1. The lowest BCUT2D eigenvalue weighted by molar-refractivity contribution is -0.142. The van der Waals surface area contributed by atoms with Gasteiger partial charge in [-0.05, 0) is 50.8 Å². The standard InChI is InChI=1S/C31H35N5O2S2/c1-22-8-12-25(13-9-22)30-32-33-31(36(30)26-14-10-23(2)11-15-26)40-19-5-7-28(37)34-16-17-35(24(3)21-34)29(38)20-27-6-4-18-39-27/h4,6,8-15,18,24H,5,7,16-17,19-21H2,1-3H3. The monoisotopic (exact) mass is 573 g/mol. The third-order valence-electron chi connectivity index (χ3n) is 7.21. The summed E-state index contributed by atoms with van der Waals surface area (Å²) < 4.78 is 2.10. The Morgan fingerprint density at radius 1 is 0.950 bits per heavy atom. The summed E-state index contributed by atoms with van der Waals surface area (Å²) in [7, 11) is 0. The normalized spacial score (nSPS) is 15.4. The molecular formula is C31H35N5O2S2. The second-order valence-corrected chi connectivity index (χ2v) is 12.4.